The number of hydrogen-bond acceptors (Lipinski definition) is 3. The SMILES string of the molecule is Cc1ccc(NC(=O)CN2CCN(Cc3ccc(Cl)cc3Cl)CC2)cc1C. The van der Waals surface area contributed by atoms with E-state index in [-0.39, 0.29) is 5.91 Å². The summed E-state index contributed by atoms with van der Waals surface area (Å²) in [6.07, 6.45) is 0. The fraction of sp³-hybridized carbons (Fsp3) is 0.381. The Balaban J connectivity index is 1.46. The molecule has 0 radical (unpaired) electrons. The van der Waals surface area contributed by atoms with Gasteiger partial charge in [0.15, 0.2) is 0 Å². The molecule has 0 saturated carbocycles. The molecule has 6 heteroatoms. The minimum atomic E-state index is 0.0347. The number of hydrogen-bond donors (Lipinski definition) is 1. The summed E-state index contributed by atoms with van der Waals surface area (Å²) in [5.41, 5.74) is 4.35. The van der Waals surface area contributed by atoms with Crippen LogP contribution in [0.4, 0.5) is 5.69 Å². The first-order valence-electron chi connectivity index (χ1n) is 9.16. The average molecular weight is 406 g/mol. The molecule has 2 aromatic rings. The van der Waals surface area contributed by atoms with Gasteiger partial charge in [0, 0.05) is 48.5 Å². The van der Waals surface area contributed by atoms with Crippen molar-refractivity contribution in [2.45, 2.75) is 20.4 Å². The molecule has 2 aromatic carbocycles. The summed E-state index contributed by atoms with van der Waals surface area (Å²) < 4.78 is 0. The molecule has 0 bridgehead atoms. The number of carbonyl (C=O) groups excluding carboxylic acids is 1. The normalized spacial score (nSPS) is 15.7. The fourth-order valence-electron chi connectivity index (χ4n) is 3.22. The molecule has 1 amide bonds. The van der Waals surface area contributed by atoms with Gasteiger partial charge in [0.05, 0.1) is 6.54 Å². The van der Waals surface area contributed by atoms with Crippen molar-refractivity contribution in [2.75, 3.05) is 38.0 Å². The molecular formula is C21H25Cl2N3O. The van der Waals surface area contributed by atoms with E-state index in [1.807, 2.05) is 30.3 Å². The van der Waals surface area contributed by atoms with E-state index >= 15 is 0 Å². The molecule has 1 aliphatic rings. The molecule has 0 aromatic heterocycles. The predicted octanol–water partition coefficient (Wildman–Crippen LogP) is 4.37. The van der Waals surface area contributed by atoms with Crippen LogP contribution in [0.15, 0.2) is 36.4 Å². The average Bonchev–Trinajstić information content (AvgIpc) is 2.62. The fourth-order valence-corrected chi connectivity index (χ4v) is 3.69. The second kappa shape index (κ2) is 9.07. The molecule has 1 saturated heterocycles. The summed E-state index contributed by atoms with van der Waals surface area (Å²) in [5.74, 6) is 0.0347. The molecule has 27 heavy (non-hydrogen) atoms. The number of piperazine rings is 1. The van der Waals surface area contributed by atoms with Crippen molar-refractivity contribution in [2.24, 2.45) is 0 Å². The van der Waals surface area contributed by atoms with Crippen molar-refractivity contribution in [3.63, 3.8) is 0 Å². The van der Waals surface area contributed by atoms with E-state index in [0.29, 0.717) is 16.6 Å². The maximum atomic E-state index is 12.3. The van der Waals surface area contributed by atoms with Crippen LogP contribution in [0.1, 0.15) is 16.7 Å². The monoisotopic (exact) mass is 405 g/mol. The van der Waals surface area contributed by atoms with Crippen LogP contribution in [0.2, 0.25) is 10.0 Å². The number of carbonyl (C=O) groups is 1. The van der Waals surface area contributed by atoms with Gasteiger partial charge in [0.1, 0.15) is 0 Å². The minimum Gasteiger partial charge on any atom is -0.325 e. The van der Waals surface area contributed by atoms with E-state index in [1.165, 1.54) is 11.1 Å². The van der Waals surface area contributed by atoms with E-state index in [4.69, 9.17) is 23.2 Å². The summed E-state index contributed by atoms with van der Waals surface area (Å²) in [6, 6.07) is 11.6. The standard InChI is InChI=1S/C21H25Cl2N3O/c1-15-3-6-19(11-16(15)2)24-21(27)14-26-9-7-25(8-10-26)13-17-4-5-18(22)12-20(17)23/h3-6,11-12H,7-10,13-14H2,1-2H3,(H,24,27). The number of aryl methyl sites for hydroxylation is 2. The van der Waals surface area contributed by atoms with Gasteiger partial charge in [0.2, 0.25) is 5.91 Å². The first-order valence-corrected chi connectivity index (χ1v) is 9.92. The highest BCUT2D eigenvalue weighted by Gasteiger charge is 2.19. The highest BCUT2D eigenvalue weighted by atomic mass is 35.5. The van der Waals surface area contributed by atoms with Gasteiger partial charge in [-0.3, -0.25) is 14.6 Å². The molecule has 1 aliphatic heterocycles. The largest absolute Gasteiger partial charge is 0.325 e. The molecule has 1 fully saturated rings. The number of benzene rings is 2. The zero-order chi connectivity index (χ0) is 19.4. The molecule has 0 atom stereocenters. The molecule has 1 N–H and O–H groups in total. The topological polar surface area (TPSA) is 35.6 Å². The number of nitrogens with one attached hydrogen (secondary N) is 1. The molecule has 0 aliphatic carbocycles. The molecule has 0 unspecified atom stereocenters. The Morgan fingerprint density at radius 1 is 0.963 bits per heavy atom. The van der Waals surface area contributed by atoms with Crippen LogP contribution in [-0.4, -0.2) is 48.4 Å². The summed E-state index contributed by atoms with van der Waals surface area (Å²) in [4.78, 5) is 16.9. The van der Waals surface area contributed by atoms with Crippen LogP contribution in [0.5, 0.6) is 0 Å². The van der Waals surface area contributed by atoms with Crippen LogP contribution in [0, 0.1) is 13.8 Å². The molecule has 144 valence electrons. The van der Waals surface area contributed by atoms with E-state index in [1.54, 1.807) is 6.07 Å². The van der Waals surface area contributed by atoms with E-state index in [9.17, 15) is 4.79 Å². The Bertz CT molecular complexity index is 817. The quantitative estimate of drug-likeness (QED) is 0.801. The van der Waals surface area contributed by atoms with Gasteiger partial charge >= 0.3 is 0 Å². The van der Waals surface area contributed by atoms with E-state index in [2.05, 4.69) is 29.0 Å². The first-order chi connectivity index (χ1) is 12.9. The molecular weight excluding hydrogens is 381 g/mol. The van der Waals surface area contributed by atoms with Crippen LogP contribution in [0.3, 0.4) is 0 Å². The maximum absolute atomic E-state index is 12.3. The Kier molecular flexibility index (Phi) is 6.77. The Morgan fingerprint density at radius 2 is 1.67 bits per heavy atom. The first kappa shape index (κ1) is 20.2. The van der Waals surface area contributed by atoms with Gasteiger partial charge in [0.25, 0.3) is 0 Å². The predicted molar refractivity (Wildman–Crippen MR) is 113 cm³/mol. The second-order valence-electron chi connectivity index (χ2n) is 7.14. The molecule has 1 heterocycles. The minimum absolute atomic E-state index is 0.0347. The zero-order valence-electron chi connectivity index (χ0n) is 15.8. The lowest BCUT2D eigenvalue weighted by molar-refractivity contribution is -0.117. The molecule has 4 nitrogen and oxygen atoms in total. The molecule has 0 spiro atoms. The van der Waals surface area contributed by atoms with E-state index in [0.717, 1.165) is 44.0 Å². The summed E-state index contributed by atoms with van der Waals surface area (Å²) >= 11 is 12.2. The van der Waals surface area contributed by atoms with Crippen molar-refractivity contribution in [3.05, 3.63) is 63.1 Å². The van der Waals surface area contributed by atoms with Gasteiger partial charge in [-0.05, 0) is 54.8 Å². The van der Waals surface area contributed by atoms with Gasteiger partial charge in [-0.2, -0.15) is 0 Å². The zero-order valence-corrected chi connectivity index (χ0v) is 17.3. The number of halogens is 2. The lowest BCUT2D eigenvalue weighted by Crippen LogP contribution is -2.48. The number of nitrogens with zero attached hydrogens (tertiary/aromatic N) is 2. The van der Waals surface area contributed by atoms with Gasteiger partial charge in [-0.1, -0.05) is 35.3 Å². The van der Waals surface area contributed by atoms with Crippen LogP contribution < -0.4 is 5.32 Å². The lowest BCUT2D eigenvalue weighted by Gasteiger charge is -2.34. The Hall–Kier alpha value is -1.59. The van der Waals surface area contributed by atoms with Crippen LogP contribution >= 0.6 is 23.2 Å². The summed E-state index contributed by atoms with van der Waals surface area (Å²) in [7, 11) is 0. The second-order valence-corrected chi connectivity index (χ2v) is 7.98. The third kappa shape index (κ3) is 5.69. The highest BCUT2D eigenvalue weighted by molar-refractivity contribution is 6.35. The highest BCUT2D eigenvalue weighted by Crippen LogP contribution is 2.22. The third-order valence-electron chi connectivity index (χ3n) is 5.03. The van der Waals surface area contributed by atoms with Gasteiger partial charge in [-0.25, -0.2) is 0 Å². The van der Waals surface area contributed by atoms with Gasteiger partial charge < -0.3 is 5.32 Å². The summed E-state index contributed by atoms with van der Waals surface area (Å²) in [6.45, 7) is 8.90. The number of rotatable bonds is 5. The van der Waals surface area contributed by atoms with Crippen molar-refractivity contribution in [3.8, 4) is 0 Å². The smallest absolute Gasteiger partial charge is 0.238 e. The Labute approximate surface area is 171 Å². The number of anilines is 1. The summed E-state index contributed by atoms with van der Waals surface area (Å²) in [5, 5.41) is 4.36. The van der Waals surface area contributed by atoms with Crippen molar-refractivity contribution in [1.82, 2.24) is 9.80 Å². The van der Waals surface area contributed by atoms with Gasteiger partial charge in [-0.15, -0.1) is 0 Å². The maximum Gasteiger partial charge on any atom is 0.238 e. The number of amides is 1. The van der Waals surface area contributed by atoms with E-state index < -0.39 is 0 Å². The van der Waals surface area contributed by atoms with Crippen LogP contribution in [-0.2, 0) is 11.3 Å². The third-order valence-corrected chi connectivity index (χ3v) is 5.62. The van der Waals surface area contributed by atoms with Crippen molar-refractivity contribution >= 4 is 34.8 Å². The van der Waals surface area contributed by atoms with Crippen LogP contribution in [0.25, 0.3) is 0 Å². The molecule has 3 rings (SSSR count). The van der Waals surface area contributed by atoms with Crippen molar-refractivity contribution < 1.29 is 4.79 Å². The Morgan fingerprint density at radius 3 is 2.33 bits per heavy atom. The van der Waals surface area contributed by atoms with Crippen molar-refractivity contribution in [1.29, 1.82) is 0 Å². The lowest BCUT2D eigenvalue weighted by atomic mass is 10.1.